The van der Waals surface area contributed by atoms with Crippen LogP contribution in [0.4, 0.5) is 0 Å². The molecule has 16 heteroatoms. The van der Waals surface area contributed by atoms with Gasteiger partial charge in [0, 0.05) is 0 Å². The fourth-order valence-corrected chi connectivity index (χ4v) is 7.06. The molecule has 0 atom stereocenters. The van der Waals surface area contributed by atoms with Gasteiger partial charge in [-0.3, -0.25) is 0 Å². The Morgan fingerprint density at radius 1 is 0.375 bits per heavy atom. The Morgan fingerprint density at radius 2 is 0.500 bits per heavy atom. The average Bonchev–Trinajstić information content (AvgIpc) is 2.85. The Labute approximate surface area is 296 Å². The second-order valence-electron chi connectivity index (χ2n) is 8.46. The topological polar surface area (TPSA) is 55.4 Å². The molecule has 0 aromatic rings. The van der Waals surface area contributed by atoms with E-state index in [4.69, 9.17) is 99.3 Å². The van der Waals surface area contributed by atoms with E-state index in [1.54, 1.807) is 0 Å². The molecule has 0 aliphatic carbocycles. The third-order valence-electron chi connectivity index (χ3n) is 4.48. The molecule has 0 unspecified atom stereocenters. The third-order valence-corrected chi connectivity index (χ3v) is 11.3. The Morgan fingerprint density at radius 3 is 0.600 bits per heavy atom. The summed E-state index contributed by atoms with van der Waals surface area (Å²) in [4.78, 5) is 0. The second kappa shape index (κ2) is 35.4. The Hall–Kier alpha value is 3.58. The van der Waals surface area contributed by atoms with Crippen molar-refractivity contribution >= 4 is 114 Å². The van der Waals surface area contributed by atoms with Crippen molar-refractivity contribution in [3.63, 3.8) is 0 Å². The molecule has 0 amide bonds. The van der Waals surface area contributed by atoms with Crippen LogP contribution in [0.1, 0.15) is 119 Å². The molecule has 40 heavy (non-hydrogen) atoms. The van der Waals surface area contributed by atoms with Crippen LogP contribution in [0.3, 0.4) is 0 Å². The van der Waals surface area contributed by atoms with Gasteiger partial charge in [0.25, 0.3) is 0 Å². The third kappa shape index (κ3) is 43.7. The van der Waals surface area contributed by atoms with Crippen molar-refractivity contribution in [1.29, 1.82) is 0 Å². The minimum absolute atomic E-state index is 0. The molecule has 0 N–H and O–H groups in total. The summed E-state index contributed by atoms with van der Waals surface area (Å²) in [5.74, 6) is 0. The van der Waals surface area contributed by atoms with Crippen LogP contribution in [-0.2, 0) is 99.3 Å². The van der Waals surface area contributed by atoms with E-state index >= 15 is 0 Å². The van der Waals surface area contributed by atoms with Crippen molar-refractivity contribution in [2.75, 3.05) is 39.6 Å². The van der Waals surface area contributed by atoms with Gasteiger partial charge in [0.2, 0.25) is 0 Å². The first kappa shape index (κ1) is 50.4. The van der Waals surface area contributed by atoms with Gasteiger partial charge < -0.3 is 63.9 Å². The van der Waals surface area contributed by atoms with Crippen LogP contribution < -0.4 is 0 Å². The van der Waals surface area contributed by atoms with Gasteiger partial charge >= 0.3 is 24.4 Å². The summed E-state index contributed by atoms with van der Waals surface area (Å²) in [6.45, 7) is 16.5. The quantitative estimate of drug-likeness (QED) is 0.0403. The van der Waals surface area contributed by atoms with Crippen molar-refractivity contribution in [2.24, 2.45) is 0 Å². The van der Waals surface area contributed by atoms with Gasteiger partial charge in [0.1, 0.15) is 0 Å². The molecule has 0 heterocycles. The zero-order chi connectivity index (χ0) is 30.5. The van der Waals surface area contributed by atoms with E-state index in [-0.39, 0.29) is 24.4 Å². The van der Waals surface area contributed by atoms with Crippen LogP contribution in [0.5, 0.6) is 0 Å². The maximum Gasteiger partial charge on any atom is 3.00 e. The summed E-state index contributed by atoms with van der Waals surface area (Å²) in [6.07, 6.45) is 12.6. The molecule has 6 nitrogen and oxygen atoms in total. The zero-order valence-electron chi connectivity index (χ0n) is 25.4. The van der Waals surface area contributed by atoms with Crippen molar-refractivity contribution in [3.8, 4) is 0 Å². The number of hydrogen-bond acceptors (Lipinski definition) is 12. The number of unbranched alkanes of at least 4 members (excludes halogenated alkanes) is 6. The van der Waals surface area contributed by atoms with E-state index in [1.807, 2.05) is 0 Å². The van der Waals surface area contributed by atoms with Crippen molar-refractivity contribution in [3.05, 3.63) is 0 Å². The fraction of sp³-hybridized carbons (Fsp3) is 1.00. The van der Waals surface area contributed by atoms with E-state index < -0.39 is 17.1 Å². The molecule has 0 aliphatic heterocycles. The molecule has 0 saturated carbocycles. The smallest absolute Gasteiger partial charge is 0.691 e. The standard InChI is InChI=1S/3C8H19O2PS2.Sb/c3*1-3-5-7-9-11(12,13)10-8-6-4-2;/h3*3-8H2,1-2H3,(H,12,13);/q;;;+3/p-3. The van der Waals surface area contributed by atoms with E-state index in [2.05, 4.69) is 41.5 Å². The first-order valence-corrected chi connectivity index (χ1v) is 25.1. The summed E-state index contributed by atoms with van der Waals surface area (Å²) in [5, 5.41) is 0. The van der Waals surface area contributed by atoms with Crippen molar-refractivity contribution in [1.82, 2.24) is 0 Å². The molecule has 0 aromatic carbocycles. The number of hydrogen-bond donors (Lipinski definition) is 0. The van der Waals surface area contributed by atoms with E-state index in [0.29, 0.717) is 39.6 Å². The van der Waals surface area contributed by atoms with Crippen LogP contribution >= 0.6 is 17.1 Å². The van der Waals surface area contributed by atoms with Gasteiger partial charge in [-0.05, 0) is 38.5 Å². The van der Waals surface area contributed by atoms with Crippen molar-refractivity contribution < 1.29 is 27.1 Å². The summed E-state index contributed by atoms with van der Waals surface area (Å²) < 4.78 is 32.0. The van der Waals surface area contributed by atoms with E-state index in [1.165, 1.54) is 0 Å². The fourth-order valence-electron chi connectivity index (χ4n) is 2.04. The van der Waals surface area contributed by atoms with Gasteiger partial charge in [-0.15, -0.1) is 0 Å². The molecule has 2 radical (unpaired) electrons. The first-order valence-electron chi connectivity index (χ1n) is 14.2. The van der Waals surface area contributed by atoms with Crippen molar-refractivity contribution in [2.45, 2.75) is 119 Å². The Bertz CT molecular complexity index is 543. The van der Waals surface area contributed by atoms with Crippen LogP contribution in [0.2, 0.25) is 0 Å². The summed E-state index contributed by atoms with van der Waals surface area (Å²) in [5.41, 5.74) is -7.01. The predicted octanol–water partition coefficient (Wildman–Crippen LogP) is 9.79. The van der Waals surface area contributed by atoms with Gasteiger partial charge in [-0.1, -0.05) is 115 Å². The predicted molar refractivity (Wildman–Crippen MR) is 196 cm³/mol. The molecule has 0 bridgehead atoms. The molecule has 0 spiro atoms. The minimum atomic E-state index is -2.34. The van der Waals surface area contributed by atoms with Crippen LogP contribution in [0, 0.1) is 0 Å². The molecule has 0 rings (SSSR count). The Kier molecular flexibility index (Phi) is 44.7. The van der Waals surface area contributed by atoms with Crippen LogP contribution in [-0.4, -0.2) is 64.1 Å². The maximum atomic E-state index is 5.33. The number of rotatable bonds is 24. The largest absolute Gasteiger partial charge is 3.00 e. The normalized spacial score (nSPS) is 11.6. The molecule has 0 aromatic heterocycles. The summed E-state index contributed by atoms with van der Waals surface area (Å²) >= 11 is 30.3. The molecule has 0 aliphatic rings. The molecular weight excluding hydrogens is 791 g/mol. The monoisotopic (exact) mass is 844 g/mol. The van der Waals surface area contributed by atoms with Gasteiger partial charge in [0.15, 0.2) is 0 Å². The second-order valence-corrected chi connectivity index (χ2v) is 23.4. The Balaban J connectivity index is -0.000000240. The van der Waals surface area contributed by atoms with E-state index in [0.717, 1.165) is 77.0 Å². The molecular formula is C24H54O6P3S6Sb. The van der Waals surface area contributed by atoms with Gasteiger partial charge in [-0.25, -0.2) is 0 Å². The van der Waals surface area contributed by atoms with Crippen LogP contribution in [0.15, 0.2) is 0 Å². The van der Waals surface area contributed by atoms with Gasteiger partial charge in [-0.2, -0.15) is 0 Å². The molecule has 242 valence electrons. The molecule has 0 fully saturated rings. The zero-order valence-corrected chi connectivity index (χ0v) is 35.6. The summed E-state index contributed by atoms with van der Waals surface area (Å²) in [7, 11) is 0. The van der Waals surface area contributed by atoms with E-state index in [9.17, 15) is 0 Å². The summed E-state index contributed by atoms with van der Waals surface area (Å²) in [6, 6.07) is 0. The maximum absolute atomic E-state index is 5.33. The first-order chi connectivity index (χ1) is 18.4. The minimum Gasteiger partial charge on any atom is -0.691 e. The van der Waals surface area contributed by atoms with Crippen LogP contribution in [0.25, 0.3) is 0 Å². The van der Waals surface area contributed by atoms with Gasteiger partial charge in [0.05, 0.1) is 56.7 Å². The molecule has 0 saturated heterocycles. The average molecular weight is 846 g/mol. The SMILES string of the molecule is CCCCOP(=S)([S-])OCCCC.CCCCOP(=S)([S-])OCCCC.CCCCOP(=S)([S-])OCCCC.[Sb+3].